The molecule has 0 saturated carbocycles. The summed E-state index contributed by atoms with van der Waals surface area (Å²) in [4.78, 5) is 0. The van der Waals surface area contributed by atoms with Gasteiger partial charge in [0, 0.05) is 11.0 Å². The highest BCUT2D eigenvalue weighted by atomic mass is 79.9. The molecule has 0 aliphatic carbocycles. The molecule has 2 nitrogen and oxygen atoms in total. The number of nitrogens with one attached hydrogen (secondary N) is 1. The van der Waals surface area contributed by atoms with Gasteiger partial charge in [-0.3, -0.25) is 0 Å². The zero-order valence-corrected chi connectivity index (χ0v) is 13.9. The predicted molar refractivity (Wildman–Crippen MR) is 87.8 cm³/mol. The molecule has 0 spiro atoms. The molecule has 0 aromatic heterocycles. The lowest BCUT2D eigenvalue weighted by atomic mass is 10.1. The highest BCUT2D eigenvalue weighted by Crippen LogP contribution is 2.32. The first-order valence-corrected chi connectivity index (χ1v) is 7.70. The summed E-state index contributed by atoms with van der Waals surface area (Å²) in [6.07, 6.45) is 0. The van der Waals surface area contributed by atoms with Gasteiger partial charge in [0.25, 0.3) is 0 Å². The monoisotopic (exact) mass is 353 g/mol. The van der Waals surface area contributed by atoms with E-state index in [1.54, 1.807) is 0 Å². The second-order valence-electron chi connectivity index (χ2n) is 4.55. The maximum Gasteiger partial charge on any atom is 0.146 e. The lowest BCUT2D eigenvalue weighted by Gasteiger charge is -2.11. The summed E-state index contributed by atoms with van der Waals surface area (Å²) < 4.78 is 6.77. The van der Waals surface area contributed by atoms with Crippen LogP contribution in [0.25, 0.3) is 0 Å². The number of halogens is 2. The molecule has 0 atom stereocenters. The molecule has 0 radical (unpaired) electrons. The highest BCUT2D eigenvalue weighted by molar-refractivity contribution is 9.10. The highest BCUT2D eigenvalue weighted by Gasteiger charge is 2.05. The first kappa shape index (κ1) is 15.4. The Morgan fingerprint density at radius 2 is 2.00 bits per heavy atom. The first-order valence-electron chi connectivity index (χ1n) is 6.53. The molecule has 106 valence electrons. The van der Waals surface area contributed by atoms with Crippen LogP contribution < -0.4 is 10.1 Å². The van der Waals surface area contributed by atoms with Gasteiger partial charge in [0.1, 0.15) is 11.5 Å². The Bertz CT molecular complexity index is 601. The molecule has 20 heavy (non-hydrogen) atoms. The quantitative estimate of drug-likeness (QED) is 0.785. The second-order valence-corrected chi connectivity index (χ2v) is 5.87. The number of ether oxygens (including phenoxy) is 1. The van der Waals surface area contributed by atoms with E-state index in [1.807, 2.05) is 30.3 Å². The van der Waals surface area contributed by atoms with Gasteiger partial charge in [-0.2, -0.15) is 0 Å². The van der Waals surface area contributed by atoms with Crippen LogP contribution in [-0.4, -0.2) is 6.54 Å². The van der Waals surface area contributed by atoms with Crippen LogP contribution in [0.1, 0.15) is 18.1 Å². The molecule has 0 saturated heterocycles. The molecule has 0 aliphatic heterocycles. The van der Waals surface area contributed by atoms with E-state index in [0.717, 1.165) is 23.3 Å². The first-order chi connectivity index (χ1) is 9.60. The van der Waals surface area contributed by atoms with Crippen molar-refractivity contribution in [3.8, 4) is 11.5 Å². The Morgan fingerprint density at radius 3 is 2.65 bits per heavy atom. The standard InChI is InChI=1S/C16H17BrClNO/c1-3-19-10-12-4-6-14(8-11(12)2)20-16-7-5-13(17)9-15(16)18/h4-9,19H,3,10H2,1-2H3. The van der Waals surface area contributed by atoms with Gasteiger partial charge in [-0.25, -0.2) is 0 Å². The van der Waals surface area contributed by atoms with Crippen LogP contribution in [0.15, 0.2) is 40.9 Å². The topological polar surface area (TPSA) is 21.3 Å². The lowest BCUT2D eigenvalue weighted by molar-refractivity contribution is 0.482. The number of rotatable bonds is 5. The van der Waals surface area contributed by atoms with E-state index < -0.39 is 0 Å². The van der Waals surface area contributed by atoms with Crippen molar-refractivity contribution in [1.82, 2.24) is 5.32 Å². The minimum Gasteiger partial charge on any atom is -0.456 e. The molecule has 0 heterocycles. The molecular weight excluding hydrogens is 338 g/mol. The molecular formula is C16H17BrClNO. The van der Waals surface area contributed by atoms with Crippen LogP contribution >= 0.6 is 27.5 Å². The van der Waals surface area contributed by atoms with Gasteiger partial charge in [-0.1, -0.05) is 40.5 Å². The average Bonchev–Trinajstić information content (AvgIpc) is 2.41. The van der Waals surface area contributed by atoms with Crippen LogP contribution in [0.2, 0.25) is 5.02 Å². The van der Waals surface area contributed by atoms with Crippen molar-refractivity contribution in [3.63, 3.8) is 0 Å². The Hall–Kier alpha value is -1.03. The molecule has 0 unspecified atom stereocenters. The van der Waals surface area contributed by atoms with E-state index >= 15 is 0 Å². The summed E-state index contributed by atoms with van der Waals surface area (Å²) in [6, 6.07) is 11.7. The van der Waals surface area contributed by atoms with E-state index in [-0.39, 0.29) is 0 Å². The molecule has 2 aromatic rings. The van der Waals surface area contributed by atoms with Crippen molar-refractivity contribution < 1.29 is 4.74 Å². The molecule has 0 fully saturated rings. The summed E-state index contributed by atoms with van der Waals surface area (Å²) in [5.41, 5.74) is 2.48. The largest absolute Gasteiger partial charge is 0.456 e. The number of aryl methyl sites for hydroxylation is 1. The Labute approximate surface area is 133 Å². The third-order valence-electron chi connectivity index (χ3n) is 3.00. The maximum atomic E-state index is 6.15. The van der Waals surface area contributed by atoms with E-state index in [1.165, 1.54) is 11.1 Å². The molecule has 4 heteroatoms. The fraction of sp³-hybridized carbons (Fsp3) is 0.250. The van der Waals surface area contributed by atoms with Crippen LogP contribution in [0, 0.1) is 6.92 Å². The van der Waals surface area contributed by atoms with Crippen LogP contribution in [0.5, 0.6) is 11.5 Å². The third-order valence-corrected chi connectivity index (χ3v) is 3.79. The van der Waals surface area contributed by atoms with Gasteiger partial charge < -0.3 is 10.1 Å². The Balaban J connectivity index is 2.15. The normalized spacial score (nSPS) is 10.6. The minimum atomic E-state index is 0.591. The van der Waals surface area contributed by atoms with Crippen LogP contribution in [0.4, 0.5) is 0 Å². The van der Waals surface area contributed by atoms with Gasteiger partial charge >= 0.3 is 0 Å². The molecule has 0 aliphatic rings. The lowest BCUT2D eigenvalue weighted by Crippen LogP contribution is -2.12. The van der Waals surface area contributed by atoms with E-state index in [2.05, 4.69) is 41.2 Å². The average molecular weight is 355 g/mol. The Morgan fingerprint density at radius 1 is 1.20 bits per heavy atom. The smallest absolute Gasteiger partial charge is 0.146 e. The fourth-order valence-corrected chi connectivity index (χ4v) is 2.59. The van der Waals surface area contributed by atoms with E-state index in [9.17, 15) is 0 Å². The van der Waals surface area contributed by atoms with Crippen molar-refractivity contribution in [3.05, 3.63) is 57.0 Å². The summed E-state index contributed by atoms with van der Waals surface area (Å²) in [7, 11) is 0. The van der Waals surface area contributed by atoms with Gasteiger partial charge in [0.05, 0.1) is 5.02 Å². The minimum absolute atomic E-state index is 0.591. The summed E-state index contributed by atoms with van der Waals surface area (Å²) in [5, 5.41) is 3.91. The van der Waals surface area contributed by atoms with Crippen LogP contribution in [0.3, 0.4) is 0 Å². The van der Waals surface area contributed by atoms with Crippen molar-refractivity contribution in [2.45, 2.75) is 20.4 Å². The van der Waals surface area contributed by atoms with Gasteiger partial charge in [0.15, 0.2) is 0 Å². The summed E-state index contributed by atoms with van der Waals surface area (Å²) in [5.74, 6) is 1.46. The summed E-state index contributed by atoms with van der Waals surface area (Å²) in [6.45, 7) is 6.03. The number of hydrogen-bond acceptors (Lipinski definition) is 2. The Kier molecular flexibility index (Phi) is 5.46. The predicted octanol–water partition coefficient (Wildman–Crippen LogP) is 5.31. The third kappa shape index (κ3) is 3.98. The maximum absolute atomic E-state index is 6.15. The van der Waals surface area contributed by atoms with Crippen molar-refractivity contribution >= 4 is 27.5 Å². The SMILES string of the molecule is CCNCc1ccc(Oc2ccc(Br)cc2Cl)cc1C. The molecule has 0 amide bonds. The zero-order valence-electron chi connectivity index (χ0n) is 11.5. The van der Waals surface area contributed by atoms with E-state index in [4.69, 9.17) is 16.3 Å². The molecule has 2 aromatic carbocycles. The van der Waals surface area contributed by atoms with Gasteiger partial charge in [-0.05, 0) is 54.9 Å². The van der Waals surface area contributed by atoms with Crippen molar-refractivity contribution in [2.75, 3.05) is 6.54 Å². The summed E-state index contributed by atoms with van der Waals surface area (Å²) >= 11 is 9.53. The fourth-order valence-electron chi connectivity index (χ4n) is 1.87. The van der Waals surface area contributed by atoms with Crippen molar-refractivity contribution in [2.24, 2.45) is 0 Å². The molecule has 0 bridgehead atoms. The number of benzene rings is 2. The number of hydrogen-bond donors (Lipinski definition) is 1. The van der Waals surface area contributed by atoms with E-state index in [0.29, 0.717) is 10.8 Å². The zero-order chi connectivity index (χ0) is 14.5. The second kappa shape index (κ2) is 7.11. The van der Waals surface area contributed by atoms with Crippen LogP contribution in [-0.2, 0) is 6.54 Å². The van der Waals surface area contributed by atoms with Crippen molar-refractivity contribution in [1.29, 1.82) is 0 Å². The molecule has 1 N–H and O–H groups in total. The van der Waals surface area contributed by atoms with Gasteiger partial charge in [0.2, 0.25) is 0 Å². The molecule has 2 rings (SSSR count). The van der Waals surface area contributed by atoms with Gasteiger partial charge in [-0.15, -0.1) is 0 Å².